The molecule has 0 radical (unpaired) electrons. The minimum Gasteiger partial charge on any atom is -0.508 e. The van der Waals surface area contributed by atoms with Crippen molar-refractivity contribution in [3.8, 4) is 0 Å². The van der Waals surface area contributed by atoms with Crippen molar-refractivity contribution in [1.82, 2.24) is 5.06 Å². The number of hydrogen-bond donors (Lipinski definition) is 2. The fraction of sp³-hybridized carbons (Fsp3) is 0.500. The molecular formula is C18H24BrNO4. The summed E-state index contributed by atoms with van der Waals surface area (Å²) < 4.78 is 0.913. The van der Waals surface area contributed by atoms with Crippen molar-refractivity contribution in [1.29, 1.82) is 0 Å². The number of halogens is 1. The van der Waals surface area contributed by atoms with E-state index in [0.717, 1.165) is 15.6 Å². The van der Waals surface area contributed by atoms with Crippen LogP contribution in [0.3, 0.4) is 0 Å². The Kier molecular flexibility index (Phi) is 5.86. The topological polar surface area (TPSA) is 70.0 Å². The normalized spacial score (nSPS) is 19.1. The Morgan fingerprint density at radius 2 is 1.75 bits per heavy atom. The van der Waals surface area contributed by atoms with Gasteiger partial charge in [0.1, 0.15) is 11.4 Å². The summed E-state index contributed by atoms with van der Waals surface area (Å²) in [6.45, 7) is 6.17. The Balaban J connectivity index is 2.54. The maximum absolute atomic E-state index is 12.3. The van der Waals surface area contributed by atoms with E-state index < -0.39 is 5.60 Å². The van der Waals surface area contributed by atoms with E-state index in [0.29, 0.717) is 31.5 Å². The molecule has 0 amide bonds. The van der Waals surface area contributed by atoms with Gasteiger partial charge in [-0.25, -0.2) is 0 Å². The standard InChI is InChI=1S/C18H24BrNO4/c1-11-9-14(19)10-12(2)15(11)16(13(3)21)17(22)18(23)5-7-20(24-4)8-6-18/h9-10,22-23H,5-8H2,1-4H3/b17-16-. The van der Waals surface area contributed by atoms with E-state index in [9.17, 15) is 15.0 Å². The van der Waals surface area contributed by atoms with E-state index >= 15 is 0 Å². The largest absolute Gasteiger partial charge is 0.508 e. The predicted molar refractivity (Wildman–Crippen MR) is 96.6 cm³/mol. The highest BCUT2D eigenvalue weighted by atomic mass is 79.9. The van der Waals surface area contributed by atoms with E-state index in [2.05, 4.69) is 15.9 Å². The van der Waals surface area contributed by atoms with Gasteiger partial charge in [0.05, 0.1) is 12.7 Å². The van der Waals surface area contributed by atoms with Crippen LogP contribution in [-0.4, -0.2) is 46.9 Å². The van der Waals surface area contributed by atoms with Crippen LogP contribution in [0, 0.1) is 13.8 Å². The van der Waals surface area contributed by atoms with Crippen LogP contribution < -0.4 is 0 Å². The summed E-state index contributed by atoms with van der Waals surface area (Å²) >= 11 is 3.44. The van der Waals surface area contributed by atoms with Crippen molar-refractivity contribution in [2.24, 2.45) is 0 Å². The maximum Gasteiger partial charge on any atom is 0.163 e. The molecule has 2 N–H and O–H groups in total. The van der Waals surface area contributed by atoms with Crippen molar-refractivity contribution >= 4 is 27.3 Å². The van der Waals surface area contributed by atoms with Crippen molar-refractivity contribution in [3.05, 3.63) is 39.1 Å². The van der Waals surface area contributed by atoms with E-state index in [1.54, 1.807) is 12.2 Å². The SMILES string of the molecule is CON1CCC(O)(/C(O)=C(\C(C)=O)c2c(C)cc(Br)cc2C)CC1. The number of hydrogen-bond acceptors (Lipinski definition) is 5. The van der Waals surface area contributed by atoms with Gasteiger partial charge < -0.3 is 15.1 Å². The molecule has 1 aliphatic rings. The summed E-state index contributed by atoms with van der Waals surface area (Å²) in [5.74, 6) is -0.497. The van der Waals surface area contributed by atoms with E-state index in [1.807, 2.05) is 26.0 Å². The van der Waals surface area contributed by atoms with Gasteiger partial charge in [-0.15, -0.1) is 0 Å². The molecule has 0 aromatic heterocycles. The van der Waals surface area contributed by atoms with Crippen molar-refractivity contribution in [2.75, 3.05) is 20.2 Å². The molecule has 132 valence electrons. The third kappa shape index (κ3) is 3.72. The minimum absolute atomic E-state index is 0.200. The van der Waals surface area contributed by atoms with Gasteiger partial charge in [-0.05, 0) is 62.4 Å². The smallest absolute Gasteiger partial charge is 0.163 e. The van der Waals surface area contributed by atoms with Crippen LogP contribution >= 0.6 is 15.9 Å². The first kappa shape index (κ1) is 19.1. The van der Waals surface area contributed by atoms with Crippen molar-refractivity contribution < 1.29 is 19.8 Å². The van der Waals surface area contributed by atoms with Gasteiger partial charge in [-0.1, -0.05) is 15.9 Å². The number of aliphatic hydroxyl groups is 2. The molecule has 24 heavy (non-hydrogen) atoms. The average Bonchev–Trinajstić information content (AvgIpc) is 2.50. The van der Waals surface area contributed by atoms with Gasteiger partial charge in [0.15, 0.2) is 5.78 Å². The van der Waals surface area contributed by atoms with Gasteiger partial charge in [0.25, 0.3) is 0 Å². The molecule has 0 saturated carbocycles. The highest BCUT2D eigenvalue weighted by molar-refractivity contribution is 9.10. The molecule has 2 rings (SSSR count). The van der Waals surface area contributed by atoms with Crippen molar-refractivity contribution in [3.63, 3.8) is 0 Å². The monoisotopic (exact) mass is 397 g/mol. The van der Waals surface area contributed by atoms with Gasteiger partial charge in [0.2, 0.25) is 0 Å². The summed E-state index contributed by atoms with van der Waals surface area (Å²) in [5.41, 5.74) is 1.21. The summed E-state index contributed by atoms with van der Waals surface area (Å²) in [5, 5.41) is 23.5. The molecule has 1 fully saturated rings. The molecule has 0 atom stereocenters. The third-order valence-corrected chi connectivity index (χ3v) is 5.04. The predicted octanol–water partition coefficient (Wildman–Crippen LogP) is 3.31. The second kappa shape index (κ2) is 7.35. The lowest BCUT2D eigenvalue weighted by molar-refractivity contribution is -0.171. The number of piperidine rings is 1. The molecule has 1 heterocycles. The van der Waals surface area contributed by atoms with Crippen LogP contribution in [0.5, 0.6) is 0 Å². The Morgan fingerprint density at radius 1 is 1.25 bits per heavy atom. The molecule has 1 aromatic carbocycles. The fourth-order valence-corrected chi connectivity index (χ4v) is 3.96. The summed E-state index contributed by atoms with van der Waals surface area (Å²) in [7, 11) is 1.58. The van der Waals surface area contributed by atoms with Crippen molar-refractivity contribution in [2.45, 2.75) is 39.2 Å². The molecule has 6 heteroatoms. The van der Waals surface area contributed by atoms with Crippen LogP contribution in [0.1, 0.15) is 36.5 Å². The molecule has 1 saturated heterocycles. The number of rotatable bonds is 4. The Morgan fingerprint density at radius 3 is 2.17 bits per heavy atom. The van der Waals surface area contributed by atoms with Gasteiger partial charge in [-0.2, -0.15) is 5.06 Å². The third-order valence-electron chi connectivity index (χ3n) is 4.58. The molecule has 0 spiro atoms. The highest BCUT2D eigenvalue weighted by Gasteiger charge is 2.39. The number of carbonyl (C=O) groups is 1. The quantitative estimate of drug-likeness (QED) is 0.602. The lowest BCUT2D eigenvalue weighted by Crippen LogP contribution is -2.45. The number of aryl methyl sites for hydroxylation is 2. The Bertz CT molecular complexity index is 653. The molecule has 0 bridgehead atoms. The first-order chi connectivity index (χ1) is 11.2. The van der Waals surface area contributed by atoms with E-state index in [4.69, 9.17) is 4.84 Å². The number of hydroxylamine groups is 2. The first-order valence-electron chi connectivity index (χ1n) is 7.93. The maximum atomic E-state index is 12.3. The van der Waals surface area contributed by atoms with Crippen LogP contribution in [-0.2, 0) is 9.63 Å². The summed E-state index contributed by atoms with van der Waals surface area (Å²) in [6.07, 6.45) is 0.607. The molecule has 5 nitrogen and oxygen atoms in total. The zero-order valence-corrected chi connectivity index (χ0v) is 16.1. The number of aliphatic hydroxyl groups excluding tert-OH is 1. The second-order valence-corrected chi connectivity index (χ2v) is 7.25. The molecule has 1 aromatic rings. The van der Waals surface area contributed by atoms with E-state index in [1.165, 1.54) is 6.92 Å². The molecule has 0 unspecified atom stereocenters. The molecular weight excluding hydrogens is 374 g/mol. The number of benzene rings is 1. The van der Waals surface area contributed by atoms with Gasteiger partial charge in [-0.3, -0.25) is 4.79 Å². The first-order valence-corrected chi connectivity index (χ1v) is 8.72. The number of allylic oxidation sites excluding steroid dienone is 1. The highest BCUT2D eigenvalue weighted by Crippen LogP contribution is 2.36. The Hall–Kier alpha value is -1.21. The van der Waals surface area contributed by atoms with Crippen LogP contribution in [0.25, 0.3) is 5.57 Å². The summed E-state index contributed by atoms with van der Waals surface area (Å²) in [4.78, 5) is 17.5. The Labute approximate surface area is 151 Å². The lowest BCUT2D eigenvalue weighted by atomic mass is 9.83. The molecule has 1 aliphatic heterocycles. The number of carbonyl (C=O) groups excluding carboxylic acids is 1. The minimum atomic E-state index is -1.41. The number of Topliss-reactive ketones (excluding diaryl/α,β-unsaturated/α-hetero) is 1. The number of ketones is 1. The van der Waals surface area contributed by atoms with Crippen LogP contribution in [0.4, 0.5) is 0 Å². The van der Waals surface area contributed by atoms with Crippen LogP contribution in [0.15, 0.2) is 22.4 Å². The van der Waals surface area contributed by atoms with Gasteiger partial charge in [0, 0.05) is 17.6 Å². The lowest BCUT2D eigenvalue weighted by Gasteiger charge is -2.37. The zero-order valence-electron chi connectivity index (χ0n) is 14.5. The fourth-order valence-electron chi connectivity index (χ4n) is 3.27. The molecule has 0 aliphatic carbocycles. The van der Waals surface area contributed by atoms with Gasteiger partial charge >= 0.3 is 0 Å². The van der Waals surface area contributed by atoms with Crippen LogP contribution in [0.2, 0.25) is 0 Å². The number of nitrogens with zero attached hydrogens (tertiary/aromatic N) is 1. The second-order valence-electron chi connectivity index (χ2n) is 6.34. The zero-order chi connectivity index (χ0) is 18.1. The average molecular weight is 398 g/mol. The van der Waals surface area contributed by atoms with E-state index in [-0.39, 0.29) is 17.1 Å². The summed E-state index contributed by atoms with van der Waals surface area (Å²) in [6, 6.07) is 3.80.